The van der Waals surface area contributed by atoms with Crippen LogP contribution in [-0.4, -0.2) is 231 Å². The number of Topliss-reactive ketones (excluding diaryl/α,β-unsaturated/α-hetero) is 1. The Morgan fingerprint density at radius 2 is 1.01 bits per heavy atom. The molecule has 0 bridgehead atoms. The second kappa shape index (κ2) is 39.4. The van der Waals surface area contributed by atoms with Crippen molar-refractivity contribution in [3.63, 3.8) is 0 Å². The van der Waals surface area contributed by atoms with Crippen molar-refractivity contribution in [2.45, 2.75) is 116 Å². The summed E-state index contributed by atoms with van der Waals surface area (Å²) in [6.45, 7) is 4.37. The predicted molar refractivity (Wildman–Crippen MR) is 305 cm³/mol. The van der Waals surface area contributed by atoms with Gasteiger partial charge in [-0.15, -0.1) is 0 Å². The number of nitrogens with zero attached hydrogens (tertiary/aromatic N) is 6. The van der Waals surface area contributed by atoms with Gasteiger partial charge in [0.05, 0.1) is 32.2 Å². The first-order valence-corrected chi connectivity index (χ1v) is 28.7. The van der Waals surface area contributed by atoms with Crippen LogP contribution in [0, 0.1) is 0 Å². The van der Waals surface area contributed by atoms with Crippen LogP contribution in [0.5, 0.6) is 0 Å². The smallest absolute Gasteiger partial charge is 0.326 e. The minimum absolute atomic E-state index is 0.00876. The molecular weight excluding hydrogens is 1150 g/mol. The number of unbranched alkanes of at least 4 members (excludes halogenated alkanes) is 5. The average Bonchev–Trinajstić information content (AvgIpc) is 3.51. The first kappa shape index (κ1) is 70.1. The Bertz CT molecular complexity index is 2410. The number of carbonyl (C=O) groups excluding carboxylic acids is 6. The Labute approximate surface area is 491 Å². The van der Waals surface area contributed by atoms with Crippen molar-refractivity contribution >= 4 is 81.2 Å². The van der Waals surface area contributed by atoms with Crippen LogP contribution in [-0.2, 0) is 56.2 Å². The number of benzene rings is 1. The van der Waals surface area contributed by atoms with E-state index < -0.39 is 53.7 Å². The van der Waals surface area contributed by atoms with E-state index >= 15 is 0 Å². The van der Waals surface area contributed by atoms with E-state index in [9.17, 15) is 73.2 Å². The van der Waals surface area contributed by atoms with Gasteiger partial charge in [-0.1, -0.05) is 31.0 Å². The molecule has 6 amide bonds. The van der Waals surface area contributed by atoms with Gasteiger partial charge in [0.2, 0.25) is 17.7 Å². The van der Waals surface area contributed by atoms with Crippen LogP contribution in [0.15, 0.2) is 47.2 Å². The molecule has 0 spiro atoms. The standard InChI is InChI=1S/C55H82BrN11O16/c1-39(68)43(18-20-49(72)73)61-55(83)62-44(54(81)82)10-6-9-23-67(34-41-15-19-45(56)59-33-41)53(80)42-16-13-40(14-17-42)32-60-47(70)12-5-8-22-57-46(69)11-4-2-3-7-21-58-48(71)35-63-24-26-64(36-50(74)75)28-30-66(38-52(78)79)31-29-65(27-25-63)37-51(76)77/h13-17,19,33,43-44H,2-12,18,20-32,34-38H2,1H3,(H,57,69)(H,58,71)(H,60,70)(H,72,73)(H,74,75)(H,76,77)(H,78,79)(H,81,82)(H2,61,62,83)/t43-,44-/m1/s1. The lowest BCUT2D eigenvalue weighted by atomic mass is 10.1. The average molecular weight is 1230 g/mol. The number of carbonyl (C=O) groups is 11. The van der Waals surface area contributed by atoms with E-state index in [2.05, 4.69) is 47.5 Å². The third kappa shape index (κ3) is 31.8. The number of ketones is 1. The van der Waals surface area contributed by atoms with Crippen LogP contribution in [0.4, 0.5) is 4.79 Å². The van der Waals surface area contributed by atoms with Crippen molar-refractivity contribution in [3.8, 4) is 0 Å². The van der Waals surface area contributed by atoms with Gasteiger partial charge in [0.25, 0.3) is 5.91 Å². The molecule has 83 heavy (non-hydrogen) atoms. The van der Waals surface area contributed by atoms with Crippen LogP contribution in [0.1, 0.15) is 112 Å². The molecule has 0 saturated carbocycles. The van der Waals surface area contributed by atoms with E-state index in [-0.39, 0.29) is 121 Å². The SMILES string of the molecule is CC(=O)[C@@H](CCC(=O)O)NC(=O)N[C@H](CCCCN(Cc1ccc(Br)nc1)C(=O)c1ccc(CNC(=O)CCCCNC(=O)CCCCCCNC(=O)CN2CCN(CC(=O)O)CCN(CC(=O)O)CCN(CC(=O)O)CC2)cc1)C(=O)O. The Morgan fingerprint density at radius 1 is 0.530 bits per heavy atom. The van der Waals surface area contributed by atoms with Crippen LogP contribution in [0.3, 0.4) is 0 Å². The zero-order chi connectivity index (χ0) is 61.1. The highest BCUT2D eigenvalue weighted by molar-refractivity contribution is 9.10. The summed E-state index contributed by atoms with van der Waals surface area (Å²) in [4.78, 5) is 147. The molecule has 1 aliphatic heterocycles. The number of hydrogen-bond donors (Lipinski definition) is 10. The maximum Gasteiger partial charge on any atom is 0.326 e. The third-order valence-electron chi connectivity index (χ3n) is 13.5. The molecule has 10 N–H and O–H groups in total. The van der Waals surface area contributed by atoms with Gasteiger partial charge in [-0.2, -0.15) is 0 Å². The van der Waals surface area contributed by atoms with Gasteiger partial charge in [0.1, 0.15) is 10.6 Å². The van der Waals surface area contributed by atoms with Gasteiger partial charge in [-0.05, 0) is 104 Å². The summed E-state index contributed by atoms with van der Waals surface area (Å²) in [7, 11) is 0. The van der Waals surface area contributed by atoms with Gasteiger partial charge >= 0.3 is 35.9 Å². The molecule has 2 aromatic rings. The molecule has 2 heterocycles. The molecule has 460 valence electrons. The van der Waals surface area contributed by atoms with Crippen LogP contribution < -0.4 is 26.6 Å². The number of aromatic nitrogens is 1. The fourth-order valence-corrected chi connectivity index (χ4v) is 9.12. The Kier molecular flexibility index (Phi) is 33.3. The first-order valence-electron chi connectivity index (χ1n) is 27.9. The molecule has 3 rings (SSSR count). The van der Waals surface area contributed by atoms with Gasteiger partial charge in [0.15, 0.2) is 5.78 Å². The monoisotopic (exact) mass is 1230 g/mol. The second-order valence-electron chi connectivity index (χ2n) is 20.4. The zero-order valence-electron chi connectivity index (χ0n) is 47.2. The van der Waals surface area contributed by atoms with Gasteiger partial charge < -0.3 is 57.0 Å². The lowest BCUT2D eigenvalue weighted by Gasteiger charge is -2.32. The normalized spacial score (nSPS) is 14.6. The van der Waals surface area contributed by atoms with Crippen LogP contribution in [0.25, 0.3) is 0 Å². The number of halogens is 1. The van der Waals surface area contributed by atoms with Gasteiger partial charge in [0, 0.05) is 116 Å². The second-order valence-corrected chi connectivity index (χ2v) is 21.2. The third-order valence-corrected chi connectivity index (χ3v) is 14.0. The maximum atomic E-state index is 13.8. The summed E-state index contributed by atoms with van der Waals surface area (Å²) in [6, 6.07) is 7.02. The lowest BCUT2D eigenvalue weighted by Crippen LogP contribution is -2.50. The first-order chi connectivity index (χ1) is 39.6. The van der Waals surface area contributed by atoms with Crippen LogP contribution in [0.2, 0.25) is 0 Å². The number of amides is 6. The fourth-order valence-electron chi connectivity index (χ4n) is 8.88. The number of carboxylic acid groups (broad SMARTS) is 5. The Morgan fingerprint density at radius 3 is 1.52 bits per heavy atom. The predicted octanol–water partition coefficient (Wildman–Crippen LogP) is 1.68. The van der Waals surface area contributed by atoms with Crippen molar-refractivity contribution in [1.29, 1.82) is 0 Å². The summed E-state index contributed by atoms with van der Waals surface area (Å²) in [5.41, 5.74) is 1.90. The minimum Gasteiger partial charge on any atom is -0.481 e. The molecule has 1 fully saturated rings. The maximum absolute atomic E-state index is 13.8. The highest BCUT2D eigenvalue weighted by Gasteiger charge is 2.25. The quantitative estimate of drug-likeness (QED) is 0.0340. The number of carboxylic acids is 5. The summed E-state index contributed by atoms with van der Waals surface area (Å²) < 4.78 is 0.613. The highest BCUT2D eigenvalue weighted by atomic mass is 79.9. The molecule has 1 aromatic heterocycles. The molecule has 0 unspecified atom stereocenters. The van der Waals surface area contributed by atoms with Gasteiger partial charge in [-0.3, -0.25) is 62.8 Å². The summed E-state index contributed by atoms with van der Waals surface area (Å²) in [5, 5.41) is 60.4. The van der Waals surface area contributed by atoms with Crippen molar-refractivity contribution in [2.24, 2.45) is 0 Å². The molecule has 28 heteroatoms. The van der Waals surface area contributed by atoms with E-state index in [0.717, 1.165) is 24.0 Å². The van der Waals surface area contributed by atoms with Crippen LogP contribution >= 0.6 is 15.9 Å². The molecule has 0 radical (unpaired) electrons. The molecule has 0 aliphatic carbocycles. The number of pyridine rings is 1. The molecule has 1 saturated heterocycles. The lowest BCUT2D eigenvalue weighted by molar-refractivity contribution is -0.140. The summed E-state index contributed by atoms with van der Waals surface area (Å²) in [5.74, 6) is -6.81. The van der Waals surface area contributed by atoms with E-state index in [0.29, 0.717) is 94.4 Å². The molecular formula is C55H82BrN11O16. The van der Waals surface area contributed by atoms with E-state index in [1.165, 1.54) is 6.92 Å². The summed E-state index contributed by atoms with van der Waals surface area (Å²) >= 11 is 3.31. The van der Waals surface area contributed by atoms with Crippen molar-refractivity contribution in [1.82, 2.24) is 56.1 Å². The largest absolute Gasteiger partial charge is 0.481 e. The highest BCUT2D eigenvalue weighted by Crippen LogP contribution is 2.16. The number of hydrogen-bond acceptors (Lipinski definition) is 16. The topological polar surface area (TPSA) is 378 Å². The van der Waals surface area contributed by atoms with Crippen molar-refractivity contribution in [2.75, 3.05) is 98.2 Å². The van der Waals surface area contributed by atoms with Crippen molar-refractivity contribution < 1.29 is 78.3 Å². The molecule has 1 aromatic carbocycles. The number of aliphatic carboxylic acids is 5. The number of urea groups is 1. The van der Waals surface area contributed by atoms with Gasteiger partial charge in [-0.25, -0.2) is 14.6 Å². The molecule has 2 atom stereocenters. The Hall–Kier alpha value is -7.14. The zero-order valence-corrected chi connectivity index (χ0v) is 48.8. The number of nitrogens with one attached hydrogen (secondary N) is 5. The molecule has 1 aliphatic rings. The fraction of sp³-hybridized carbons (Fsp3) is 0.600. The van der Waals surface area contributed by atoms with E-state index in [1.54, 1.807) is 56.1 Å². The number of rotatable bonds is 37. The Balaban J connectivity index is 1.34. The minimum atomic E-state index is -1.32. The summed E-state index contributed by atoms with van der Waals surface area (Å²) in [6.07, 6.45) is 6.44. The van der Waals surface area contributed by atoms with E-state index in [4.69, 9.17) is 5.11 Å². The van der Waals surface area contributed by atoms with E-state index in [1.807, 2.05) is 11.0 Å². The van der Waals surface area contributed by atoms with Crippen molar-refractivity contribution in [3.05, 3.63) is 63.9 Å². The molecule has 27 nitrogen and oxygen atoms in total.